The number of nitrogens with one attached hydrogen (secondary N) is 1. The van der Waals surface area contributed by atoms with Crippen molar-refractivity contribution >= 4 is 40.8 Å². The molecule has 1 aliphatic heterocycles. The van der Waals surface area contributed by atoms with Gasteiger partial charge in [0.05, 0.1) is 11.3 Å². The van der Waals surface area contributed by atoms with Crippen molar-refractivity contribution in [1.29, 1.82) is 0 Å². The molecule has 7 nitrogen and oxygen atoms in total. The number of anilines is 2. The minimum atomic E-state index is -0.591. The lowest BCUT2D eigenvalue weighted by atomic mass is 10.1. The predicted molar refractivity (Wildman–Crippen MR) is 153 cm³/mol. The standard InChI is InChI=1S/C32H25ClN2O5/c1-2-22-10-6-7-11-27(22)35-30(36)28(33)29(31(35)37)34-24-14-12-23(13-15-24)32(38)40-26-18-16-25(17-19-26)39-20-21-8-4-3-5-9-21/h3-19,34H,2,20H2,1H3. The average Bonchev–Trinajstić information content (AvgIpc) is 3.20. The largest absolute Gasteiger partial charge is 0.489 e. The van der Waals surface area contributed by atoms with Crippen LogP contribution in [0.1, 0.15) is 28.4 Å². The number of rotatable bonds is 9. The van der Waals surface area contributed by atoms with Gasteiger partial charge in [-0.2, -0.15) is 0 Å². The Balaban J connectivity index is 1.20. The van der Waals surface area contributed by atoms with E-state index in [0.29, 0.717) is 41.5 Å². The Morgan fingerprint density at radius 3 is 2.15 bits per heavy atom. The van der Waals surface area contributed by atoms with Crippen molar-refractivity contribution in [2.75, 3.05) is 10.2 Å². The van der Waals surface area contributed by atoms with E-state index in [1.54, 1.807) is 60.7 Å². The Bertz CT molecular complexity index is 1580. The van der Waals surface area contributed by atoms with Crippen LogP contribution in [0.2, 0.25) is 0 Å². The second-order valence-corrected chi connectivity index (χ2v) is 9.33. The number of hydrogen-bond donors (Lipinski definition) is 1. The molecule has 0 saturated carbocycles. The molecular weight excluding hydrogens is 528 g/mol. The van der Waals surface area contributed by atoms with E-state index in [0.717, 1.165) is 16.0 Å². The summed E-state index contributed by atoms with van der Waals surface area (Å²) in [5.74, 6) is -0.652. The number of carbonyl (C=O) groups is 3. The SMILES string of the molecule is CCc1ccccc1N1C(=O)C(Cl)=C(Nc2ccc(C(=O)Oc3ccc(OCc4ccccc4)cc3)cc2)C1=O. The highest BCUT2D eigenvalue weighted by atomic mass is 35.5. The number of imide groups is 1. The first-order chi connectivity index (χ1) is 19.4. The van der Waals surface area contributed by atoms with Crippen LogP contribution in [-0.4, -0.2) is 17.8 Å². The van der Waals surface area contributed by atoms with Crippen molar-refractivity contribution in [2.45, 2.75) is 20.0 Å². The molecule has 5 rings (SSSR count). The molecule has 0 spiro atoms. The fourth-order valence-electron chi connectivity index (χ4n) is 4.20. The third-order valence-electron chi connectivity index (χ3n) is 6.31. The molecule has 1 aliphatic rings. The van der Waals surface area contributed by atoms with Gasteiger partial charge in [0, 0.05) is 5.69 Å². The molecule has 1 heterocycles. The van der Waals surface area contributed by atoms with E-state index in [2.05, 4.69) is 5.32 Å². The number of amides is 2. The molecule has 2 amide bonds. The molecule has 0 fully saturated rings. The summed E-state index contributed by atoms with van der Waals surface area (Å²) in [5, 5.41) is 2.72. The van der Waals surface area contributed by atoms with Crippen molar-refractivity contribution < 1.29 is 23.9 Å². The summed E-state index contributed by atoms with van der Waals surface area (Å²) in [4.78, 5) is 39.7. The van der Waals surface area contributed by atoms with Gasteiger partial charge in [0.15, 0.2) is 0 Å². The van der Waals surface area contributed by atoms with Gasteiger partial charge >= 0.3 is 5.97 Å². The molecule has 0 aromatic heterocycles. The zero-order valence-electron chi connectivity index (χ0n) is 21.6. The average molecular weight is 553 g/mol. The summed E-state index contributed by atoms with van der Waals surface area (Å²) in [5.41, 5.74) is 3.18. The van der Waals surface area contributed by atoms with Crippen molar-refractivity contribution in [1.82, 2.24) is 0 Å². The van der Waals surface area contributed by atoms with Gasteiger partial charge in [0.1, 0.15) is 28.8 Å². The van der Waals surface area contributed by atoms with Crippen molar-refractivity contribution in [3.05, 3.63) is 131 Å². The predicted octanol–water partition coefficient (Wildman–Crippen LogP) is 6.48. The number of para-hydroxylation sites is 1. The molecule has 4 aromatic rings. The molecule has 0 saturated heterocycles. The molecule has 8 heteroatoms. The fraction of sp³-hybridized carbons (Fsp3) is 0.0938. The second-order valence-electron chi connectivity index (χ2n) is 8.95. The van der Waals surface area contributed by atoms with Crippen LogP contribution < -0.4 is 19.7 Å². The van der Waals surface area contributed by atoms with Crippen LogP contribution in [0.4, 0.5) is 11.4 Å². The monoisotopic (exact) mass is 552 g/mol. The quantitative estimate of drug-likeness (QED) is 0.145. The second kappa shape index (κ2) is 11.9. The summed E-state index contributed by atoms with van der Waals surface area (Å²) < 4.78 is 11.2. The number of aryl methyl sites for hydroxylation is 1. The molecule has 0 radical (unpaired) electrons. The molecule has 0 unspecified atom stereocenters. The summed E-state index contributed by atoms with van der Waals surface area (Å²) in [6.07, 6.45) is 0.650. The number of nitrogens with zero attached hydrogens (tertiary/aromatic N) is 1. The first-order valence-corrected chi connectivity index (χ1v) is 13.0. The first kappa shape index (κ1) is 26.7. The summed E-state index contributed by atoms with van der Waals surface area (Å²) in [6.45, 7) is 2.38. The summed E-state index contributed by atoms with van der Waals surface area (Å²) in [6, 6.07) is 30.1. The van der Waals surface area contributed by atoms with Gasteiger partial charge in [-0.1, -0.05) is 67.1 Å². The van der Waals surface area contributed by atoms with Gasteiger partial charge in [-0.3, -0.25) is 9.59 Å². The van der Waals surface area contributed by atoms with E-state index in [1.165, 1.54) is 0 Å². The van der Waals surface area contributed by atoms with E-state index < -0.39 is 17.8 Å². The number of ether oxygens (including phenoxy) is 2. The van der Waals surface area contributed by atoms with Gasteiger partial charge in [-0.05, 0) is 72.1 Å². The van der Waals surface area contributed by atoms with Crippen LogP contribution in [0.5, 0.6) is 11.5 Å². The first-order valence-electron chi connectivity index (χ1n) is 12.7. The molecule has 1 N–H and O–H groups in total. The maximum absolute atomic E-state index is 13.1. The van der Waals surface area contributed by atoms with Crippen LogP contribution in [0.15, 0.2) is 114 Å². The normalized spacial score (nSPS) is 13.0. The van der Waals surface area contributed by atoms with Crippen LogP contribution in [0, 0.1) is 0 Å². The topological polar surface area (TPSA) is 84.9 Å². The molecular formula is C32H25ClN2O5. The number of esters is 1. The maximum Gasteiger partial charge on any atom is 0.343 e. The zero-order chi connectivity index (χ0) is 28.1. The van der Waals surface area contributed by atoms with Gasteiger partial charge in [-0.25, -0.2) is 9.69 Å². The minimum Gasteiger partial charge on any atom is -0.489 e. The Labute approximate surface area is 236 Å². The summed E-state index contributed by atoms with van der Waals surface area (Å²) >= 11 is 6.27. The van der Waals surface area contributed by atoms with E-state index in [1.807, 2.05) is 49.4 Å². The lowest BCUT2D eigenvalue weighted by molar-refractivity contribution is -0.120. The maximum atomic E-state index is 13.1. The van der Waals surface area contributed by atoms with Gasteiger partial charge in [0.2, 0.25) is 0 Å². The fourth-order valence-corrected chi connectivity index (χ4v) is 4.42. The molecule has 0 aliphatic carbocycles. The number of benzene rings is 4. The molecule has 4 aromatic carbocycles. The smallest absolute Gasteiger partial charge is 0.343 e. The van der Waals surface area contributed by atoms with Gasteiger partial charge in [0.25, 0.3) is 11.8 Å². The molecule has 0 bridgehead atoms. The van der Waals surface area contributed by atoms with Crippen LogP contribution in [-0.2, 0) is 22.6 Å². The molecule has 0 atom stereocenters. The lowest BCUT2D eigenvalue weighted by Gasteiger charge is -2.18. The minimum absolute atomic E-state index is 0.0255. The van der Waals surface area contributed by atoms with E-state index in [-0.39, 0.29) is 10.7 Å². The highest BCUT2D eigenvalue weighted by molar-refractivity contribution is 6.53. The van der Waals surface area contributed by atoms with Crippen molar-refractivity contribution in [2.24, 2.45) is 0 Å². The molecule has 40 heavy (non-hydrogen) atoms. The van der Waals surface area contributed by atoms with Crippen molar-refractivity contribution in [3.8, 4) is 11.5 Å². The Morgan fingerprint density at radius 2 is 1.45 bits per heavy atom. The van der Waals surface area contributed by atoms with E-state index in [9.17, 15) is 14.4 Å². The van der Waals surface area contributed by atoms with Gasteiger partial charge < -0.3 is 14.8 Å². The van der Waals surface area contributed by atoms with Crippen LogP contribution in [0.25, 0.3) is 0 Å². The highest BCUT2D eigenvalue weighted by Crippen LogP contribution is 2.32. The lowest BCUT2D eigenvalue weighted by Crippen LogP contribution is -2.33. The van der Waals surface area contributed by atoms with Gasteiger partial charge in [-0.15, -0.1) is 0 Å². The zero-order valence-corrected chi connectivity index (χ0v) is 22.4. The summed E-state index contributed by atoms with van der Waals surface area (Å²) in [7, 11) is 0. The van der Waals surface area contributed by atoms with Crippen molar-refractivity contribution in [3.63, 3.8) is 0 Å². The Morgan fingerprint density at radius 1 is 0.800 bits per heavy atom. The highest BCUT2D eigenvalue weighted by Gasteiger charge is 2.39. The third kappa shape index (κ3) is 5.75. The van der Waals surface area contributed by atoms with Crippen LogP contribution in [0.3, 0.4) is 0 Å². The number of carbonyl (C=O) groups excluding carboxylic acids is 3. The Hall–Kier alpha value is -4.88. The van der Waals surface area contributed by atoms with Crippen LogP contribution >= 0.6 is 11.6 Å². The molecule has 200 valence electrons. The van der Waals surface area contributed by atoms with E-state index in [4.69, 9.17) is 21.1 Å². The Kier molecular flexibility index (Phi) is 7.94. The number of hydrogen-bond acceptors (Lipinski definition) is 6. The van der Waals surface area contributed by atoms with E-state index >= 15 is 0 Å². The third-order valence-corrected chi connectivity index (χ3v) is 6.66. The number of halogens is 1.